The first-order chi connectivity index (χ1) is 12.6. The molecule has 0 aliphatic heterocycles. The molecule has 4 nitrogen and oxygen atoms in total. The van der Waals surface area contributed by atoms with Crippen molar-refractivity contribution in [2.75, 3.05) is 7.05 Å². The molecule has 0 fully saturated rings. The van der Waals surface area contributed by atoms with E-state index < -0.39 is 0 Å². The van der Waals surface area contributed by atoms with Gasteiger partial charge in [0.15, 0.2) is 0 Å². The summed E-state index contributed by atoms with van der Waals surface area (Å²) in [4.78, 5) is 16.9. The summed E-state index contributed by atoms with van der Waals surface area (Å²) in [6.45, 7) is 2.85. The fraction of sp³-hybridized carbons (Fsp3) is 0.333. The van der Waals surface area contributed by atoms with Gasteiger partial charge in [-0.2, -0.15) is 5.10 Å². The molecule has 0 unspecified atom stereocenters. The van der Waals surface area contributed by atoms with E-state index in [2.05, 4.69) is 18.1 Å². The lowest BCUT2D eigenvalue weighted by atomic mass is 9.90. The van der Waals surface area contributed by atoms with E-state index >= 15 is 0 Å². The SMILES string of the molecule is C[C@@H]1CCc2sc(C(=O)N(C)Cc3cnn(-c4ccccc4)c3)cc2C1. The molecule has 0 N–H and O–H groups in total. The molecule has 0 saturated heterocycles. The largest absolute Gasteiger partial charge is 0.337 e. The van der Waals surface area contributed by atoms with Crippen LogP contribution in [0.15, 0.2) is 48.8 Å². The van der Waals surface area contributed by atoms with E-state index in [9.17, 15) is 4.79 Å². The number of carbonyl (C=O) groups is 1. The van der Waals surface area contributed by atoms with Gasteiger partial charge in [-0.25, -0.2) is 4.68 Å². The van der Waals surface area contributed by atoms with Crippen LogP contribution in [0.2, 0.25) is 0 Å². The van der Waals surface area contributed by atoms with Crippen LogP contribution in [0.1, 0.15) is 39.0 Å². The zero-order valence-electron chi connectivity index (χ0n) is 15.2. The normalized spacial score (nSPS) is 16.3. The van der Waals surface area contributed by atoms with E-state index in [0.29, 0.717) is 6.54 Å². The van der Waals surface area contributed by atoms with Crippen LogP contribution in [-0.4, -0.2) is 27.6 Å². The first-order valence-corrected chi connectivity index (χ1v) is 9.88. The van der Waals surface area contributed by atoms with Crippen molar-refractivity contribution in [1.29, 1.82) is 0 Å². The Kier molecular flexibility index (Phi) is 4.64. The van der Waals surface area contributed by atoms with Gasteiger partial charge in [0.05, 0.1) is 16.8 Å². The van der Waals surface area contributed by atoms with Gasteiger partial charge in [-0.05, 0) is 48.9 Å². The lowest BCUT2D eigenvalue weighted by molar-refractivity contribution is 0.0790. The molecule has 2 heterocycles. The zero-order valence-corrected chi connectivity index (χ0v) is 16.0. The third kappa shape index (κ3) is 3.44. The predicted molar refractivity (Wildman–Crippen MR) is 105 cm³/mol. The minimum absolute atomic E-state index is 0.101. The quantitative estimate of drug-likeness (QED) is 0.690. The minimum atomic E-state index is 0.101. The van der Waals surface area contributed by atoms with Crippen molar-refractivity contribution in [1.82, 2.24) is 14.7 Å². The number of hydrogen-bond donors (Lipinski definition) is 0. The number of para-hydroxylation sites is 1. The lowest BCUT2D eigenvalue weighted by Crippen LogP contribution is -2.25. The Morgan fingerprint density at radius 2 is 2.15 bits per heavy atom. The molecule has 3 aromatic rings. The smallest absolute Gasteiger partial charge is 0.263 e. The van der Waals surface area contributed by atoms with E-state index in [-0.39, 0.29) is 5.91 Å². The molecule has 26 heavy (non-hydrogen) atoms. The summed E-state index contributed by atoms with van der Waals surface area (Å²) in [6, 6.07) is 12.1. The highest BCUT2D eigenvalue weighted by Crippen LogP contribution is 2.32. The van der Waals surface area contributed by atoms with Crippen molar-refractivity contribution in [3.8, 4) is 5.69 Å². The maximum absolute atomic E-state index is 12.8. The van der Waals surface area contributed by atoms with Crippen LogP contribution in [0.5, 0.6) is 0 Å². The highest BCUT2D eigenvalue weighted by atomic mass is 32.1. The average Bonchev–Trinajstić information content (AvgIpc) is 3.28. The molecule has 1 aliphatic rings. The Morgan fingerprint density at radius 3 is 2.96 bits per heavy atom. The van der Waals surface area contributed by atoms with Gasteiger partial charge in [0.25, 0.3) is 5.91 Å². The summed E-state index contributed by atoms with van der Waals surface area (Å²) in [7, 11) is 1.86. The van der Waals surface area contributed by atoms with Gasteiger partial charge in [-0.1, -0.05) is 25.1 Å². The Bertz CT molecular complexity index is 912. The molecular weight excluding hydrogens is 342 g/mol. The molecule has 4 rings (SSSR count). The molecule has 0 spiro atoms. The second-order valence-electron chi connectivity index (χ2n) is 7.20. The summed E-state index contributed by atoms with van der Waals surface area (Å²) in [6.07, 6.45) is 7.27. The van der Waals surface area contributed by atoms with Crippen LogP contribution in [-0.2, 0) is 19.4 Å². The van der Waals surface area contributed by atoms with E-state index in [1.165, 1.54) is 16.9 Å². The van der Waals surface area contributed by atoms with E-state index in [1.54, 1.807) is 16.2 Å². The first kappa shape index (κ1) is 17.0. The van der Waals surface area contributed by atoms with Crippen LogP contribution in [0.25, 0.3) is 5.69 Å². The van der Waals surface area contributed by atoms with Crippen molar-refractivity contribution >= 4 is 17.2 Å². The summed E-state index contributed by atoms with van der Waals surface area (Å²) in [5.74, 6) is 0.825. The summed E-state index contributed by atoms with van der Waals surface area (Å²) in [5.41, 5.74) is 3.43. The third-order valence-electron chi connectivity index (χ3n) is 4.96. The summed E-state index contributed by atoms with van der Waals surface area (Å²) < 4.78 is 1.85. The molecule has 5 heteroatoms. The van der Waals surface area contributed by atoms with Gasteiger partial charge < -0.3 is 4.90 Å². The second-order valence-corrected chi connectivity index (χ2v) is 8.33. The third-order valence-corrected chi connectivity index (χ3v) is 6.19. The van der Waals surface area contributed by atoms with Crippen molar-refractivity contribution in [3.05, 3.63) is 69.7 Å². The molecular formula is C21H23N3OS. The topological polar surface area (TPSA) is 38.1 Å². The number of nitrogens with zero attached hydrogens (tertiary/aromatic N) is 3. The van der Waals surface area contributed by atoms with Crippen LogP contribution < -0.4 is 0 Å². The average molecular weight is 366 g/mol. The fourth-order valence-electron chi connectivity index (χ4n) is 3.51. The molecule has 0 bridgehead atoms. The second kappa shape index (κ2) is 7.08. The molecule has 0 saturated carbocycles. The number of fused-ring (bicyclic) bond motifs is 1. The van der Waals surface area contributed by atoms with Gasteiger partial charge in [-0.15, -0.1) is 11.3 Å². The van der Waals surface area contributed by atoms with Crippen LogP contribution in [0.3, 0.4) is 0 Å². The molecule has 1 aliphatic carbocycles. The summed E-state index contributed by atoms with van der Waals surface area (Å²) in [5, 5.41) is 4.41. The minimum Gasteiger partial charge on any atom is -0.337 e. The van der Waals surface area contributed by atoms with Gasteiger partial charge in [0, 0.05) is 30.2 Å². The van der Waals surface area contributed by atoms with Crippen LogP contribution >= 0.6 is 11.3 Å². The molecule has 1 amide bonds. The van der Waals surface area contributed by atoms with E-state index in [0.717, 1.165) is 34.9 Å². The molecule has 0 radical (unpaired) electrons. The number of aromatic nitrogens is 2. The number of benzene rings is 1. The number of thiophene rings is 1. The standard InChI is InChI=1S/C21H23N3OS/c1-15-8-9-19-17(10-15)11-20(26-19)21(25)23(2)13-16-12-22-24(14-16)18-6-4-3-5-7-18/h3-7,11-12,14-15H,8-10,13H2,1-2H3/t15-/m1/s1. The van der Waals surface area contributed by atoms with E-state index in [1.807, 2.05) is 54.5 Å². The van der Waals surface area contributed by atoms with Crippen molar-refractivity contribution < 1.29 is 4.79 Å². The molecule has 1 atom stereocenters. The maximum atomic E-state index is 12.8. The van der Waals surface area contributed by atoms with Gasteiger partial charge in [-0.3, -0.25) is 4.79 Å². The van der Waals surface area contributed by atoms with Gasteiger partial charge in [0.2, 0.25) is 0 Å². The van der Waals surface area contributed by atoms with Crippen molar-refractivity contribution in [2.24, 2.45) is 5.92 Å². The Morgan fingerprint density at radius 1 is 1.35 bits per heavy atom. The Balaban J connectivity index is 1.46. The number of aryl methyl sites for hydroxylation is 1. The fourth-order valence-corrected chi connectivity index (χ4v) is 4.71. The molecule has 1 aromatic carbocycles. The van der Waals surface area contributed by atoms with Crippen LogP contribution in [0, 0.1) is 5.92 Å². The lowest BCUT2D eigenvalue weighted by Gasteiger charge is -2.16. The van der Waals surface area contributed by atoms with Crippen LogP contribution in [0.4, 0.5) is 0 Å². The first-order valence-electron chi connectivity index (χ1n) is 9.06. The number of hydrogen-bond acceptors (Lipinski definition) is 3. The number of carbonyl (C=O) groups excluding carboxylic acids is 1. The van der Waals surface area contributed by atoms with Crippen molar-refractivity contribution in [2.45, 2.75) is 32.7 Å². The van der Waals surface area contributed by atoms with Gasteiger partial charge in [0.1, 0.15) is 0 Å². The number of amides is 1. The number of rotatable bonds is 4. The highest BCUT2D eigenvalue weighted by Gasteiger charge is 2.22. The Labute approximate surface area is 158 Å². The zero-order chi connectivity index (χ0) is 18.1. The monoisotopic (exact) mass is 365 g/mol. The van der Waals surface area contributed by atoms with E-state index in [4.69, 9.17) is 0 Å². The van der Waals surface area contributed by atoms with Crippen molar-refractivity contribution in [3.63, 3.8) is 0 Å². The Hall–Kier alpha value is -2.40. The van der Waals surface area contributed by atoms with Gasteiger partial charge >= 0.3 is 0 Å². The molecule has 134 valence electrons. The highest BCUT2D eigenvalue weighted by molar-refractivity contribution is 7.14. The maximum Gasteiger partial charge on any atom is 0.263 e. The molecule has 2 aromatic heterocycles. The summed E-state index contributed by atoms with van der Waals surface area (Å²) >= 11 is 1.67. The predicted octanol–water partition coefficient (Wildman–Crippen LogP) is 4.33.